The minimum absolute atomic E-state index is 0.0973. The van der Waals surface area contributed by atoms with Gasteiger partial charge in [-0.25, -0.2) is 4.98 Å². The molecule has 9 nitrogen and oxygen atoms in total. The Morgan fingerprint density at radius 2 is 1.97 bits per heavy atom. The van der Waals surface area contributed by atoms with Crippen molar-refractivity contribution in [1.29, 1.82) is 0 Å². The molecule has 1 saturated heterocycles. The van der Waals surface area contributed by atoms with E-state index in [0.29, 0.717) is 17.8 Å². The third-order valence-corrected chi connectivity index (χ3v) is 7.40. The summed E-state index contributed by atoms with van der Waals surface area (Å²) in [5, 5.41) is 13.5. The lowest BCUT2D eigenvalue weighted by Crippen LogP contribution is -2.51. The summed E-state index contributed by atoms with van der Waals surface area (Å²) >= 11 is 0. The maximum Gasteiger partial charge on any atom is 0.275 e. The highest BCUT2D eigenvalue weighted by Gasteiger charge is 2.57. The molecule has 5 atom stereocenters. The van der Waals surface area contributed by atoms with Gasteiger partial charge in [-0.1, -0.05) is 42.5 Å². The number of aliphatic hydroxyl groups excluding tert-OH is 1. The third-order valence-electron chi connectivity index (χ3n) is 7.40. The van der Waals surface area contributed by atoms with Crippen LogP contribution in [-0.4, -0.2) is 49.0 Å². The molecule has 2 aromatic heterocycles. The third kappa shape index (κ3) is 4.25. The van der Waals surface area contributed by atoms with E-state index in [1.165, 1.54) is 23.5 Å². The van der Waals surface area contributed by atoms with E-state index in [2.05, 4.69) is 15.3 Å². The highest BCUT2D eigenvalue weighted by atomic mass is 16.3. The second-order valence-electron chi connectivity index (χ2n) is 9.47. The van der Waals surface area contributed by atoms with Crippen molar-refractivity contribution >= 4 is 17.9 Å². The number of carbonyl (C=O) groups is 2. The molecule has 0 aliphatic carbocycles. The Kier molecular flexibility index (Phi) is 6.71. The highest BCUT2D eigenvalue weighted by Crippen LogP contribution is 2.49. The van der Waals surface area contributed by atoms with Crippen molar-refractivity contribution in [3.63, 3.8) is 0 Å². The number of fused-ring (bicyclic) bond motifs is 3. The number of hydrogen-bond acceptors (Lipinski definition) is 6. The van der Waals surface area contributed by atoms with Crippen LogP contribution in [-0.2, 0) is 11.3 Å². The largest absolute Gasteiger partial charge is 0.396 e. The first-order valence-electron chi connectivity index (χ1n) is 12.4. The molecule has 3 aromatic rings. The van der Waals surface area contributed by atoms with Crippen molar-refractivity contribution in [1.82, 2.24) is 24.8 Å². The quantitative estimate of drug-likeness (QED) is 0.538. The summed E-state index contributed by atoms with van der Waals surface area (Å²) in [7, 11) is 0. The van der Waals surface area contributed by atoms with Gasteiger partial charge in [0.05, 0.1) is 18.3 Å². The lowest BCUT2D eigenvalue weighted by molar-refractivity contribution is -0.127. The molecule has 1 aromatic carbocycles. The van der Waals surface area contributed by atoms with Crippen molar-refractivity contribution < 1.29 is 14.7 Å². The summed E-state index contributed by atoms with van der Waals surface area (Å²) in [6, 6.07) is 11.3. The molecular formula is C28H29N5O4. The van der Waals surface area contributed by atoms with E-state index in [9.17, 15) is 19.5 Å². The minimum Gasteiger partial charge on any atom is -0.396 e. The van der Waals surface area contributed by atoms with Crippen LogP contribution < -0.4 is 10.9 Å². The molecule has 2 amide bonds. The fourth-order valence-corrected chi connectivity index (χ4v) is 5.70. The van der Waals surface area contributed by atoms with Crippen LogP contribution in [0.2, 0.25) is 0 Å². The van der Waals surface area contributed by atoms with Crippen LogP contribution in [0.15, 0.2) is 71.9 Å². The fourth-order valence-electron chi connectivity index (χ4n) is 5.70. The maximum absolute atomic E-state index is 13.8. The summed E-state index contributed by atoms with van der Waals surface area (Å²) in [6.45, 7) is 3.71. The molecule has 0 spiro atoms. The van der Waals surface area contributed by atoms with Gasteiger partial charge in [0, 0.05) is 48.6 Å². The van der Waals surface area contributed by atoms with Crippen LogP contribution in [0, 0.1) is 11.8 Å². The normalized spacial score (nSPS) is 23.1. The number of hydrogen-bond donors (Lipinski definition) is 2. The number of nitrogens with zero attached hydrogens (tertiary/aromatic N) is 4. The Labute approximate surface area is 214 Å². The first kappa shape index (κ1) is 24.6. The van der Waals surface area contributed by atoms with Gasteiger partial charge in [-0.15, -0.1) is 0 Å². The van der Waals surface area contributed by atoms with Crippen molar-refractivity contribution in [3.05, 3.63) is 100.0 Å². The maximum atomic E-state index is 13.8. The zero-order valence-electron chi connectivity index (χ0n) is 20.7. The lowest BCUT2D eigenvalue weighted by Gasteiger charge is -2.31. The molecule has 0 bridgehead atoms. The Hall–Kier alpha value is -4.11. The number of pyridine rings is 1. The van der Waals surface area contributed by atoms with Gasteiger partial charge < -0.3 is 19.9 Å². The predicted molar refractivity (Wildman–Crippen MR) is 137 cm³/mol. The monoisotopic (exact) mass is 499 g/mol. The van der Waals surface area contributed by atoms with E-state index in [4.69, 9.17) is 0 Å². The Bertz CT molecular complexity index is 1390. The van der Waals surface area contributed by atoms with E-state index >= 15 is 0 Å². The van der Waals surface area contributed by atoms with Crippen LogP contribution in [0.5, 0.6) is 0 Å². The summed E-state index contributed by atoms with van der Waals surface area (Å²) in [4.78, 5) is 50.5. The molecule has 2 aliphatic rings. The number of aromatic nitrogens is 3. The second-order valence-corrected chi connectivity index (χ2v) is 9.47. The minimum atomic E-state index is -0.945. The van der Waals surface area contributed by atoms with Crippen LogP contribution in [0.4, 0.5) is 0 Å². The van der Waals surface area contributed by atoms with Crippen molar-refractivity contribution in [2.24, 2.45) is 11.8 Å². The molecule has 9 heteroatoms. The summed E-state index contributed by atoms with van der Waals surface area (Å²) in [6.07, 6.45) is 7.81. The SMILES string of the molecule is CC=Cc1ccc2n(c1=O)C[C@H]1[C@H](CO)[C@@H](C(=O)N[C@@H](C)c3ccccc3)N(C(=O)c3cnccn3)[C@@H]21. The highest BCUT2D eigenvalue weighted by molar-refractivity contribution is 5.97. The van der Waals surface area contributed by atoms with Crippen LogP contribution in [0.3, 0.4) is 0 Å². The van der Waals surface area contributed by atoms with Gasteiger partial charge in [0.1, 0.15) is 11.7 Å². The lowest BCUT2D eigenvalue weighted by atomic mass is 9.88. The average molecular weight is 500 g/mol. The molecule has 5 rings (SSSR count). The van der Waals surface area contributed by atoms with Gasteiger partial charge in [0.25, 0.3) is 11.5 Å². The number of carbonyl (C=O) groups excluding carboxylic acids is 2. The zero-order chi connectivity index (χ0) is 26.1. The van der Waals surface area contributed by atoms with E-state index in [1.54, 1.807) is 22.8 Å². The molecule has 0 radical (unpaired) electrons. The second kappa shape index (κ2) is 10.1. The molecule has 0 unspecified atom stereocenters. The molecule has 37 heavy (non-hydrogen) atoms. The molecule has 2 N–H and O–H groups in total. The van der Waals surface area contributed by atoms with Crippen molar-refractivity contribution in [2.75, 3.05) is 6.61 Å². The van der Waals surface area contributed by atoms with E-state index in [1.807, 2.05) is 50.2 Å². The van der Waals surface area contributed by atoms with Crippen molar-refractivity contribution in [3.8, 4) is 0 Å². The van der Waals surface area contributed by atoms with Crippen LogP contribution in [0.25, 0.3) is 6.08 Å². The van der Waals surface area contributed by atoms with E-state index < -0.39 is 23.9 Å². The fraction of sp³-hybridized carbons (Fsp3) is 0.321. The van der Waals surface area contributed by atoms with E-state index in [-0.39, 0.29) is 35.7 Å². The van der Waals surface area contributed by atoms with Gasteiger partial charge in [-0.2, -0.15) is 0 Å². The summed E-state index contributed by atoms with van der Waals surface area (Å²) in [5.41, 5.74) is 2.05. The Morgan fingerprint density at radius 1 is 1.19 bits per heavy atom. The Morgan fingerprint density at radius 3 is 2.65 bits per heavy atom. The van der Waals surface area contributed by atoms with Gasteiger partial charge >= 0.3 is 0 Å². The van der Waals surface area contributed by atoms with Gasteiger partial charge in [-0.05, 0) is 31.5 Å². The number of rotatable bonds is 6. The van der Waals surface area contributed by atoms with Gasteiger partial charge in [0.15, 0.2) is 0 Å². The molecular weight excluding hydrogens is 470 g/mol. The number of nitrogens with one attached hydrogen (secondary N) is 1. The van der Waals surface area contributed by atoms with Gasteiger partial charge in [0.2, 0.25) is 5.91 Å². The standard InChI is InChI=1S/C28H29N5O4/c1-3-7-19-10-11-23-24-20(15-32(23)27(19)36)21(16-34)25(33(24)28(37)22-14-29-12-13-30-22)26(35)31-17(2)18-8-5-4-6-9-18/h3-14,17,20-21,24-25,34H,15-16H2,1-2H3,(H,31,35)/t17-,20-,21-,24+,25-/m0/s1. The topological polar surface area (TPSA) is 117 Å². The van der Waals surface area contributed by atoms with Crippen LogP contribution >= 0.6 is 0 Å². The van der Waals surface area contributed by atoms with Crippen LogP contribution in [0.1, 0.15) is 53.2 Å². The molecule has 4 heterocycles. The zero-order valence-corrected chi connectivity index (χ0v) is 20.7. The van der Waals surface area contributed by atoms with Gasteiger partial charge in [-0.3, -0.25) is 19.4 Å². The smallest absolute Gasteiger partial charge is 0.275 e. The molecule has 190 valence electrons. The molecule has 0 saturated carbocycles. The van der Waals surface area contributed by atoms with E-state index in [0.717, 1.165) is 5.56 Å². The molecule has 1 fully saturated rings. The number of aliphatic hydroxyl groups is 1. The average Bonchev–Trinajstić information content (AvgIpc) is 3.46. The predicted octanol–water partition coefficient (Wildman–Crippen LogP) is 2.35. The number of amides is 2. The number of benzene rings is 1. The Balaban J connectivity index is 1.57. The van der Waals surface area contributed by atoms with Crippen molar-refractivity contribution in [2.45, 2.75) is 38.5 Å². The molecule has 2 aliphatic heterocycles. The number of allylic oxidation sites excluding steroid dienone is 1. The first-order valence-corrected chi connectivity index (χ1v) is 12.4. The number of likely N-dealkylation sites (tertiary alicyclic amines) is 1. The summed E-state index contributed by atoms with van der Waals surface area (Å²) < 4.78 is 1.66. The summed E-state index contributed by atoms with van der Waals surface area (Å²) in [5.74, 6) is -1.72. The first-order chi connectivity index (χ1) is 18.0.